The van der Waals surface area contributed by atoms with E-state index >= 15 is 0 Å². The molecule has 4 aromatic rings. The van der Waals surface area contributed by atoms with Crippen molar-refractivity contribution in [2.24, 2.45) is 0 Å². The van der Waals surface area contributed by atoms with Crippen LogP contribution in [0.25, 0.3) is 16.6 Å². The molecule has 1 aliphatic rings. The van der Waals surface area contributed by atoms with Crippen molar-refractivity contribution in [3.63, 3.8) is 0 Å². The third-order valence-corrected chi connectivity index (χ3v) is 5.38. The Morgan fingerprint density at radius 1 is 1.10 bits per heavy atom. The van der Waals surface area contributed by atoms with Crippen molar-refractivity contribution in [1.82, 2.24) is 24.7 Å². The SMILES string of the molecule is Cc1cccc(C(=O)N2CCOC(c3nnn4cc(-c5ccncc5)ccc34)C2)c1. The molecular weight excluding hydrogens is 378 g/mol. The first kappa shape index (κ1) is 18.4. The Bertz CT molecular complexity index is 1200. The molecule has 1 aliphatic heterocycles. The van der Waals surface area contributed by atoms with Gasteiger partial charge in [-0.1, -0.05) is 29.0 Å². The molecule has 7 heteroatoms. The maximum atomic E-state index is 13.0. The van der Waals surface area contributed by atoms with Gasteiger partial charge in [0.15, 0.2) is 0 Å². The largest absolute Gasteiger partial charge is 0.368 e. The number of benzene rings is 1. The molecule has 7 nitrogen and oxygen atoms in total. The lowest BCUT2D eigenvalue weighted by molar-refractivity contribution is -0.0241. The topological polar surface area (TPSA) is 72.6 Å². The van der Waals surface area contributed by atoms with Crippen molar-refractivity contribution in [2.45, 2.75) is 13.0 Å². The van der Waals surface area contributed by atoms with Gasteiger partial charge in [0.25, 0.3) is 5.91 Å². The lowest BCUT2D eigenvalue weighted by Gasteiger charge is -2.32. The number of fused-ring (bicyclic) bond motifs is 1. The summed E-state index contributed by atoms with van der Waals surface area (Å²) in [7, 11) is 0. The van der Waals surface area contributed by atoms with Crippen LogP contribution < -0.4 is 0 Å². The van der Waals surface area contributed by atoms with Crippen LogP contribution in [-0.4, -0.2) is 50.3 Å². The Morgan fingerprint density at radius 2 is 1.97 bits per heavy atom. The standard InChI is InChI=1S/C23H21N5O2/c1-16-3-2-4-18(13-16)23(29)27-11-12-30-21(15-27)22-20-6-5-19(14-28(20)26-25-22)17-7-9-24-10-8-17/h2-10,13-14,21H,11-12,15H2,1H3. The first-order valence-corrected chi connectivity index (χ1v) is 9.92. The minimum atomic E-state index is -0.309. The van der Waals surface area contributed by atoms with Crippen LogP contribution in [0.1, 0.15) is 27.7 Å². The summed E-state index contributed by atoms with van der Waals surface area (Å²) in [4.78, 5) is 18.9. The fourth-order valence-electron chi connectivity index (χ4n) is 3.82. The predicted octanol–water partition coefficient (Wildman–Crippen LogP) is 3.31. The second-order valence-electron chi connectivity index (χ2n) is 7.44. The van der Waals surface area contributed by atoms with Gasteiger partial charge in [-0.2, -0.15) is 0 Å². The minimum absolute atomic E-state index is 0.0171. The molecule has 4 heterocycles. The quantitative estimate of drug-likeness (QED) is 0.528. The number of carbonyl (C=O) groups is 1. The fourth-order valence-corrected chi connectivity index (χ4v) is 3.82. The average Bonchev–Trinajstić information content (AvgIpc) is 3.22. The molecule has 0 radical (unpaired) electrons. The van der Waals surface area contributed by atoms with E-state index in [0.29, 0.717) is 25.3 Å². The second kappa shape index (κ2) is 7.68. The molecule has 0 spiro atoms. The normalized spacial score (nSPS) is 16.7. The summed E-state index contributed by atoms with van der Waals surface area (Å²) in [5, 5.41) is 8.66. The summed E-state index contributed by atoms with van der Waals surface area (Å²) in [6.45, 7) is 3.47. The number of amides is 1. The highest BCUT2D eigenvalue weighted by Crippen LogP contribution is 2.27. The second-order valence-corrected chi connectivity index (χ2v) is 7.44. The molecule has 1 aromatic carbocycles. The van der Waals surface area contributed by atoms with Crippen LogP contribution in [0.2, 0.25) is 0 Å². The van der Waals surface area contributed by atoms with Gasteiger partial charge in [0, 0.05) is 36.3 Å². The monoisotopic (exact) mass is 399 g/mol. The van der Waals surface area contributed by atoms with Gasteiger partial charge in [-0.15, -0.1) is 5.10 Å². The third-order valence-electron chi connectivity index (χ3n) is 5.38. The number of morpholine rings is 1. The highest BCUT2D eigenvalue weighted by atomic mass is 16.5. The molecule has 3 aromatic heterocycles. The Labute approximate surface area is 173 Å². The van der Waals surface area contributed by atoms with Gasteiger partial charge in [-0.05, 0) is 42.8 Å². The number of hydrogen-bond donors (Lipinski definition) is 0. The molecule has 30 heavy (non-hydrogen) atoms. The van der Waals surface area contributed by atoms with Crippen molar-refractivity contribution in [3.05, 3.63) is 83.9 Å². The molecule has 5 rings (SSSR count). The van der Waals surface area contributed by atoms with E-state index in [-0.39, 0.29) is 12.0 Å². The van der Waals surface area contributed by atoms with Gasteiger partial charge in [0.1, 0.15) is 11.8 Å². The molecule has 1 saturated heterocycles. The van der Waals surface area contributed by atoms with E-state index in [9.17, 15) is 4.79 Å². The summed E-state index contributed by atoms with van der Waals surface area (Å²) in [6.07, 6.45) is 5.17. The number of aryl methyl sites for hydroxylation is 1. The van der Waals surface area contributed by atoms with E-state index in [1.165, 1.54) is 0 Å². The fraction of sp³-hybridized carbons (Fsp3) is 0.217. The molecule has 150 valence electrons. The van der Waals surface area contributed by atoms with Gasteiger partial charge < -0.3 is 9.64 Å². The molecule has 1 amide bonds. The predicted molar refractivity (Wildman–Crippen MR) is 112 cm³/mol. The number of aromatic nitrogens is 4. The number of ether oxygens (including phenoxy) is 1. The number of hydrogen-bond acceptors (Lipinski definition) is 5. The van der Waals surface area contributed by atoms with E-state index in [1.54, 1.807) is 16.9 Å². The van der Waals surface area contributed by atoms with Gasteiger partial charge >= 0.3 is 0 Å². The summed E-state index contributed by atoms with van der Waals surface area (Å²) in [6, 6.07) is 15.6. The van der Waals surface area contributed by atoms with E-state index in [1.807, 2.05) is 66.6 Å². The zero-order chi connectivity index (χ0) is 20.5. The Kier molecular flexibility index (Phi) is 4.72. The van der Waals surface area contributed by atoms with Crippen LogP contribution in [0, 0.1) is 6.92 Å². The number of rotatable bonds is 3. The number of pyridine rings is 2. The number of nitrogens with zero attached hydrogens (tertiary/aromatic N) is 5. The number of carbonyl (C=O) groups excluding carboxylic acids is 1. The van der Waals surface area contributed by atoms with Gasteiger partial charge in [0.2, 0.25) is 0 Å². The van der Waals surface area contributed by atoms with E-state index < -0.39 is 0 Å². The molecule has 1 unspecified atom stereocenters. The van der Waals surface area contributed by atoms with E-state index in [0.717, 1.165) is 27.9 Å². The smallest absolute Gasteiger partial charge is 0.254 e. The molecule has 0 saturated carbocycles. The van der Waals surface area contributed by atoms with Crippen LogP contribution in [0.5, 0.6) is 0 Å². The van der Waals surface area contributed by atoms with Crippen molar-refractivity contribution in [3.8, 4) is 11.1 Å². The summed E-state index contributed by atoms with van der Waals surface area (Å²) >= 11 is 0. The third kappa shape index (κ3) is 3.44. The molecule has 0 bridgehead atoms. The van der Waals surface area contributed by atoms with Gasteiger partial charge in [0.05, 0.1) is 18.7 Å². The van der Waals surface area contributed by atoms with Crippen molar-refractivity contribution >= 4 is 11.4 Å². The zero-order valence-electron chi connectivity index (χ0n) is 16.6. The maximum Gasteiger partial charge on any atom is 0.254 e. The Hall–Kier alpha value is -3.58. The zero-order valence-corrected chi connectivity index (χ0v) is 16.6. The van der Waals surface area contributed by atoms with Gasteiger partial charge in [-0.3, -0.25) is 9.78 Å². The maximum absolute atomic E-state index is 13.0. The first-order chi connectivity index (χ1) is 14.7. The lowest BCUT2D eigenvalue weighted by atomic mass is 10.1. The summed E-state index contributed by atoms with van der Waals surface area (Å²) in [5.74, 6) is 0.0171. The van der Waals surface area contributed by atoms with Crippen LogP contribution in [-0.2, 0) is 4.74 Å². The van der Waals surface area contributed by atoms with Crippen LogP contribution in [0.15, 0.2) is 67.1 Å². The van der Waals surface area contributed by atoms with E-state index in [2.05, 4.69) is 15.3 Å². The van der Waals surface area contributed by atoms with Crippen molar-refractivity contribution in [1.29, 1.82) is 0 Å². The first-order valence-electron chi connectivity index (χ1n) is 9.92. The summed E-state index contributed by atoms with van der Waals surface area (Å²) < 4.78 is 7.73. The van der Waals surface area contributed by atoms with Crippen LogP contribution >= 0.6 is 0 Å². The van der Waals surface area contributed by atoms with Crippen LogP contribution in [0.3, 0.4) is 0 Å². The Balaban J connectivity index is 1.40. The van der Waals surface area contributed by atoms with Crippen LogP contribution in [0.4, 0.5) is 0 Å². The highest BCUT2D eigenvalue weighted by molar-refractivity contribution is 5.94. The molecule has 0 aliphatic carbocycles. The van der Waals surface area contributed by atoms with Crippen molar-refractivity contribution < 1.29 is 9.53 Å². The molecule has 1 fully saturated rings. The summed E-state index contributed by atoms with van der Waals surface area (Å²) in [5.41, 5.74) is 5.49. The lowest BCUT2D eigenvalue weighted by Crippen LogP contribution is -2.42. The molecule has 1 atom stereocenters. The van der Waals surface area contributed by atoms with Gasteiger partial charge in [-0.25, -0.2) is 4.52 Å². The molecular formula is C23H21N5O2. The Morgan fingerprint density at radius 3 is 2.80 bits per heavy atom. The van der Waals surface area contributed by atoms with E-state index in [4.69, 9.17) is 4.74 Å². The minimum Gasteiger partial charge on any atom is -0.368 e. The van der Waals surface area contributed by atoms with Crippen molar-refractivity contribution in [2.75, 3.05) is 19.7 Å². The highest BCUT2D eigenvalue weighted by Gasteiger charge is 2.29. The average molecular weight is 399 g/mol. The molecule has 0 N–H and O–H groups in total.